The summed E-state index contributed by atoms with van der Waals surface area (Å²) >= 11 is 6.38. The minimum Gasteiger partial charge on any atom is -0.493 e. The molecule has 1 fully saturated rings. The maximum atomic E-state index is 12.9. The van der Waals surface area contributed by atoms with Crippen LogP contribution in [-0.4, -0.2) is 82.6 Å². The summed E-state index contributed by atoms with van der Waals surface area (Å²) in [5.41, 5.74) is 0.452. The van der Waals surface area contributed by atoms with Crippen LogP contribution in [0.1, 0.15) is 30.6 Å². The lowest BCUT2D eigenvalue weighted by molar-refractivity contribution is 0.0643. The molecule has 1 aromatic rings. The zero-order chi connectivity index (χ0) is 21.6. The molecule has 7 nitrogen and oxygen atoms in total. The molecule has 0 unspecified atom stereocenters. The van der Waals surface area contributed by atoms with Gasteiger partial charge in [-0.3, -0.25) is 9.69 Å². The number of hydrogen-bond acceptors (Lipinski definition) is 6. The quantitative estimate of drug-likeness (QED) is 0.580. The summed E-state index contributed by atoms with van der Waals surface area (Å²) in [5.74, 6) is 1.42. The van der Waals surface area contributed by atoms with Crippen molar-refractivity contribution >= 4 is 27.3 Å². The molecular weight excluding hydrogens is 416 g/mol. The minimum atomic E-state index is -2.99. The molecule has 0 atom stereocenters. The number of sulfone groups is 1. The molecule has 1 aliphatic rings. The van der Waals surface area contributed by atoms with Gasteiger partial charge in [0.05, 0.1) is 24.5 Å². The Morgan fingerprint density at radius 2 is 1.86 bits per heavy atom. The molecule has 0 spiro atoms. The standard InChI is InChI=1S/C20H31ClN2O5S/c1-15(2)5-11-28-19-17(21)13-16(14-18(19)27-3)20(24)23-8-6-22(7-9-23)10-12-29(4,25)26/h13-15H,5-12H2,1-4H3. The zero-order valence-corrected chi connectivity index (χ0v) is 19.2. The third-order valence-corrected chi connectivity index (χ3v) is 6.06. The Labute approximate surface area is 178 Å². The summed E-state index contributed by atoms with van der Waals surface area (Å²) in [4.78, 5) is 16.7. The summed E-state index contributed by atoms with van der Waals surface area (Å²) in [7, 11) is -1.46. The van der Waals surface area contributed by atoms with Gasteiger partial charge in [-0.15, -0.1) is 0 Å². The number of halogens is 1. The third-order valence-electron chi connectivity index (χ3n) is 4.86. The van der Waals surface area contributed by atoms with Gasteiger partial charge in [0.1, 0.15) is 9.84 Å². The first-order valence-electron chi connectivity index (χ1n) is 9.80. The summed E-state index contributed by atoms with van der Waals surface area (Å²) in [5, 5.41) is 0.350. The Hall–Kier alpha value is -1.51. The van der Waals surface area contributed by atoms with Crippen molar-refractivity contribution < 1.29 is 22.7 Å². The first kappa shape index (κ1) is 23.8. The topological polar surface area (TPSA) is 76.2 Å². The molecule has 9 heteroatoms. The van der Waals surface area contributed by atoms with Gasteiger partial charge in [-0.05, 0) is 24.5 Å². The zero-order valence-electron chi connectivity index (χ0n) is 17.6. The molecule has 1 heterocycles. The number of ether oxygens (including phenoxy) is 2. The van der Waals surface area contributed by atoms with Gasteiger partial charge in [0.15, 0.2) is 11.5 Å². The van der Waals surface area contributed by atoms with E-state index in [9.17, 15) is 13.2 Å². The molecule has 0 saturated carbocycles. The van der Waals surface area contributed by atoms with E-state index in [1.807, 2.05) is 0 Å². The molecule has 0 aromatic heterocycles. The molecule has 0 radical (unpaired) electrons. The van der Waals surface area contributed by atoms with E-state index >= 15 is 0 Å². The molecule has 0 aliphatic carbocycles. The number of methoxy groups -OCH3 is 1. The molecule has 1 aromatic carbocycles. The molecular formula is C20H31ClN2O5S. The highest BCUT2D eigenvalue weighted by Crippen LogP contribution is 2.37. The number of carbonyl (C=O) groups excluding carboxylic acids is 1. The van der Waals surface area contributed by atoms with E-state index in [-0.39, 0.29) is 11.7 Å². The Morgan fingerprint density at radius 1 is 1.21 bits per heavy atom. The highest BCUT2D eigenvalue weighted by Gasteiger charge is 2.24. The molecule has 1 aliphatic heterocycles. The Bertz CT molecular complexity index is 805. The van der Waals surface area contributed by atoms with Gasteiger partial charge in [0, 0.05) is 44.5 Å². The average molecular weight is 447 g/mol. The first-order chi connectivity index (χ1) is 13.6. The summed E-state index contributed by atoms with van der Waals surface area (Å²) in [6.45, 7) is 7.60. The monoisotopic (exact) mass is 446 g/mol. The van der Waals surface area contributed by atoms with E-state index in [2.05, 4.69) is 18.7 Å². The highest BCUT2D eigenvalue weighted by molar-refractivity contribution is 7.90. The van der Waals surface area contributed by atoms with Crippen LogP contribution in [0.25, 0.3) is 0 Å². The fourth-order valence-electron chi connectivity index (χ4n) is 3.03. The molecule has 1 saturated heterocycles. The maximum absolute atomic E-state index is 12.9. The summed E-state index contributed by atoms with van der Waals surface area (Å²) in [6, 6.07) is 3.28. The van der Waals surface area contributed by atoms with Crippen molar-refractivity contribution in [2.45, 2.75) is 20.3 Å². The van der Waals surface area contributed by atoms with Crippen LogP contribution < -0.4 is 9.47 Å². The molecule has 164 valence electrons. The number of carbonyl (C=O) groups is 1. The van der Waals surface area contributed by atoms with Crippen molar-refractivity contribution in [1.82, 2.24) is 9.80 Å². The lowest BCUT2D eigenvalue weighted by Crippen LogP contribution is -2.49. The van der Waals surface area contributed by atoms with Crippen LogP contribution in [0.2, 0.25) is 5.02 Å². The lowest BCUT2D eigenvalue weighted by Gasteiger charge is -2.34. The van der Waals surface area contributed by atoms with Crippen molar-refractivity contribution in [3.8, 4) is 11.5 Å². The predicted octanol–water partition coefficient (Wildman–Crippen LogP) is 2.58. The van der Waals surface area contributed by atoms with Crippen LogP contribution >= 0.6 is 11.6 Å². The molecule has 1 amide bonds. The van der Waals surface area contributed by atoms with Gasteiger partial charge < -0.3 is 14.4 Å². The van der Waals surface area contributed by atoms with Crippen LogP contribution in [0.15, 0.2) is 12.1 Å². The van der Waals surface area contributed by atoms with E-state index in [0.717, 1.165) is 6.42 Å². The van der Waals surface area contributed by atoms with Gasteiger partial charge in [-0.1, -0.05) is 25.4 Å². The van der Waals surface area contributed by atoms with Crippen molar-refractivity contribution in [1.29, 1.82) is 0 Å². The second kappa shape index (κ2) is 10.5. The summed E-state index contributed by atoms with van der Waals surface area (Å²) < 4.78 is 33.8. The summed E-state index contributed by atoms with van der Waals surface area (Å²) in [6.07, 6.45) is 2.13. The van der Waals surface area contributed by atoms with Crippen LogP contribution in [-0.2, 0) is 9.84 Å². The fraction of sp³-hybridized carbons (Fsp3) is 0.650. The normalized spacial score (nSPS) is 15.6. The maximum Gasteiger partial charge on any atom is 0.254 e. The van der Waals surface area contributed by atoms with Gasteiger partial charge >= 0.3 is 0 Å². The number of amides is 1. The minimum absolute atomic E-state index is 0.123. The number of piperazine rings is 1. The Kier molecular flexibility index (Phi) is 8.60. The second-order valence-corrected chi connectivity index (χ2v) is 10.5. The van der Waals surface area contributed by atoms with Crippen LogP contribution in [0.4, 0.5) is 0 Å². The van der Waals surface area contributed by atoms with E-state index in [1.165, 1.54) is 13.4 Å². The van der Waals surface area contributed by atoms with Gasteiger partial charge in [-0.2, -0.15) is 0 Å². The van der Waals surface area contributed by atoms with Crippen LogP contribution in [0.5, 0.6) is 11.5 Å². The second-order valence-electron chi connectivity index (χ2n) is 7.78. The SMILES string of the molecule is COc1cc(C(=O)N2CCN(CCS(C)(=O)=O)CC2)cc(Cl)c1OCCC(C)C. The number of nitrogens with zero attached hydrogens (tertiary/aromatic N) is 2. The molecule has 0 N–H and O–H groups in total. The smallest absolute Gasteiger partial charge is 0.254 e. The predicted molar refractivity (Wildman–Crippen MR) is 115 cm³/mol. The van der Waals surface area contributed by atoms with E-state index < -0.39 is 9.84 Å². The van der Waals surface area contributed by atoms with E-state index in [1.54, 1.807) is 17.0 Å². The molecule has 0 bridgehead atoms. The number of hydrogen-bond donors (Lipinski definition) is 0. The van der Waals surface area contributed by atoms with Crippen molar-refractivity contribution in [3.63, 3.8) is 0 Å². The van der Waals surface area contributed by atoms with Gasteiger partial charge in [0.2, 0.25) is 0 Å². The third kappa shape index (κ3) is 7.35. The van der Waals surface area contributed by atoms with Crippen LogP contribution in [0, 0.1) is 5.92 Å². The van der Waals surface area contributed by atoms with Gasteiger partial charge in [-0.25, -0.2) is 8.42 Å². The Morgan fingerprint density at radius 3 is 2.41 bits per heavy atom. The van der Waals surface area contributed by atoms with Crippen molar-refractivity contribution in [3.05, 3.63) is 22.7 Å². The van der Waals surface area contributed by atoms with Crippen molar-refractivity contribution in [2.75, 3.05) is 58.4 Å². The Balaban J connectivity index is 2.01. The molecule has 2 rings (SSSR count). The van der Waals surface area contributed by atoms with Crippen LogP contribution in [0.3, 0.4) is 0 Å². The fourth-order valence-corrected chi connectivity index (χ4v) is 3.89. The first-order valence-corrected chi connectivity index (χ1v) is 12.2. The van der Waals surface area contributed by atoms with Crippen molar-refractivity contribution in [2.24, 2.45) is 5.92 Å². The highest BCUT2D eigenvalue weighted by atomic mass is 35.5. The van der Waals surface area contributed by atoms with Gasteiger partial charge in [0.25, 0.3) is 5.91 Å². The largest absolute Gasteiger partial charge is 0.493 e. The lowest BCUT2D eigenvalue weighted by atomic mass is 10.1. The number of benzene rings is 1. The van der Waals surface area contributed by atoms with E-state index in [0.29, 0.717) is 67.3 Å². The average Bonchev–Trinajstić information content (AvgIpc) is 2.66. The molecule has 29 heavy (non-hydrogen) atoms. The van der Waals surface area contributed by atoms with E-state index in [4.69, 9.17) is 21.1 Å². The number of rotatable bonds is 9.